The van der Waals surface area contributed by atoms with Crippen molar-refractivity contribution in [3.8, 4) is 0 Å². The Kier molecular flexibility index (Phi) is 4.94. The summed E-state index contributed by atoms with van der Waals surface area (Å²) in [6.45, 7) is 7.74. The van der Waals surface area contributed by atoms with Crippen molar-refractivity contribution in [2.45, 2.75) is 96.1 Å². The molecule has 4 rings (SSSR count). The third-order valence-electron chi connectivity index (χ3n) is 9.59. The average Bonchev–Trinajstić information content (AvgIpc) is 2.95. The van der Waals surface area contributed by atoms with Crippen molar-refractivity contribution < 1.29 is 19.4 Å². The van der Waals surface area contributed by atoms with E-state index in [0.29, 0.717) is 30.0 Å². The van der Waals surface area contributed by atoms with Crippen LogP contribution in [0.15, 0.2) is 0 Å². The number of aliphatic hydroxyl groups is 1. The maximum absolute atomic E-state index is 12.3. The first-order valence-electron chi connectivity index (χ1n) is 11.1. The van der Waals surface area contributed by atoms with E-state index in [1.165, 1.54) is 6.92 Å². The number of ether oxygens (including phenoxy) is 1. The summed E-state index contributed by atoms with van der Waals surface area (Å²) in [4.78, 5) is 23.7. The monoisotopic (exact) mass is 410 g/mol. The molecular weight excluding hydrogens is 376 g/mol. The van der Waals surface area contributed by atoms with Crippen molar-refractivity contribution in [2.75, 3.05) is 0 Å². The molecule has 4 fully saturated rings. The van der Waals surface area contributed by atoms with E-state index in [0.717, 1.165) is 44.9 Å². The van der Waals surface area contributed by atoms with Gasteiger partial charge in [-0.2, -0.15) is 0 Å². The molecule has 0 radical (unpaired) electrons. The third kappa shape index (κ3) is 2.73. The van der Waals surface area contributed by atoms with Crippen LogP contribution in [0, 0.1) is 34.5 Å². The number of carbonyl (C=O) groups excluding carboxylic acids is 2. The highest BCUT2D eigenvalue weighted by Gasteiger charge is 2.67. The number of esters is 1. The molecule has 0 aromatic carbocycles. The van der Waals surface area contributed by atoms with Crippen molar-refractivity contribution in [3.63, 3.8) is 0 Å². The second-order valence-corrected chi connectivity index (χ2v) is 11.2. The highest BCUT2D eigenvalue weighted by atomic mass is 35.5. The van der Waals surface area contributed by atoms with Gasteiger partial charge in [0.1, 0.15) is 11.9 Å². The average molecular weight is 411 g/mol. The van der Waals surface area contributed by atoms with E-state index in [-0.39, 0.29) is 34.2 Å². The molecule has 0 aromatic rings. The molecule has 0 aromatic heterocycles. The predicted molar refractivity (Wildman–Crippen MR) is 108 cm³/mol. The van der Waals surface area contributed by atoms with Gasteiger partial charge < -0.3 is 9.84 Å². The van der Waals surface area contributed by atoms with E-state index in [1.54, 1.807) is 6.92 Å². The zero-order valence-corrected chi connectivity index (χ0v) is 18.4. The minimum atomic E-state index is -1.000. The van der Waals surface area contributed by atoms with Gasteiger partial charge in [-0.25, -0.2) is 0 Å². The Hall–Kier alpha value is -0.610. The Morgan fingerprint density at radius 3 is 2.39 bits per heavy atom. The maximum Gasteiger partial charge on any atom is 0.302 e. The van der Waals surface area contributed by atoms with Gasteiger partial charge in [0.2, 0.25) is 0 Å². The molecule has 28 heavy (non-hydrogen) atoms. The quantitative estimate of drug-likeness (QED) is 0.537. The van der Waals surface area contributed by atoms with Crippen LogP contribution in [0.1, 0.15) is 79.1 Å². The molecule has 9 atom stereocenters. The largest absolute Gasteiger partial charge is 0.462 e. The van der Waals surface area contributed by atoms with E-state index in [2.05, 4.69) is 13.8 Å². The summed E-state index contributed by atoms with van der Waals surface area (Å²) < 4.78 is 5.47. The lowest BCUT2D eigenvalue weighted by molar-refractivity contribution is -0.221. The van der Waals surface area contributed by atoms with Gasteiger partial charge in [0.05, 0.1) is 11.0 Å². The van der Waals surface area contributed by atoms with Crippen LogP contribution in [0.25, 0.3) is 0 Å². The topological polar surface area (TPSA) is 63.6 Å². The molecule has 4 saturated carbocycles. The second kappa shape index (κ2) is 6.70. The highest BCUT2D eigenvalue weighted by Crippen LogP contribution is 2.69. The first kappa shape index (κ1) is 20.7. The lowest BCUT2D eigenvalue weighted by Crippen LogP contribution is -2.67. The molecule has 0 spiro atoms. The fourth-order valence-electron chi connectivity index (χ4n) is 8.20. The summed E-state index contributed by atoms with van der Waals surface area (Å²) in [5.74, 6) is 1.66. The second-order valence-electron chi connectivity index (χ2n) is 10.7. The van der Waals surface area contributed by atoms with E-state index < -0.39 is 5.60 Å². The van der Waals surface area contributed by atoms with Crippen molar-refractivity contribution in [1.82, 2.24) is 0 Å². The molecule has 0 bridgehead atoms. The molecule has 4 nitrogen and oxygen atoms in total. The lowest BCUT2D eigenvalue weighted by Gasteiger charge is -2.65. The smallest absolute Gasteiger partial charge is 0.302 e. The van der Waals surface area contributed by atoms with Gasteiger partial charge in [-0.15, -0.1) is 11.6 Å². The molecule has 1 N–H and O–H groups in total. The molecule has 0 amide bonds. The van der Waals surface area contributed by atoms with Crippen LogP contribution in [-0.2, 0) is 14.3 Å². The third-order valence-corrected chi connectivity index (χ3v) is 10.1. The van der Waals surface area contributed by atoms with Gasteiger partial charge in [-0.05, 0) is 75.0 Å². The molecule has 0 saturated heterocycles. The normalized spacial score (nSPS) is 52.9. The number of carbonyl (C=O) groups is 2. The Morgan fingerprint density at radius 2 is 1.75 bits per heavy atom. The summed E-state index contributed by atoms with van der Waals surface area (Å²) in [5, 5.41) is 11.5. The number of rotatable bonds is 2. The number of hydrogen-bond acceptors (Lipinski definition) is 4. The molecule has 9 unspecified atom stereocenters. The minimum Gasteiger partial charge on any atom is -0.462 e. The van der Waals surface area contributed by atoms with Crippen LogP contribution in [0.5, 0.6) is 0 Å². The first-order valence-corrected chi connectivity index (χ1v) is 11.5. The Bertz CT molecular complexity index is 680. The summed E-state index contributed by atoms with van der Waals surface area (Å²) in [6, 6.07) is 0. The molecule has 4 aliphatic rings. The van der Waals surface area contributed by atoms with Crippen molar-refractivity contribution in [3.05, 3.63) is 0 Å². The van der Waals surface area contributed by atoms with Gasteiger partial charge in [0.15, 0.2) is 0 Å². The summed E-state index contributed by atoms with van der Waals surface area (Å²) in [5.41, 5.74) is -1.17. The van der Waals surface area contributed by atoms with Crippen LogP contribution in [0.4, 0.5) is 0 Å². The highest BCUT2D eigenvalue weighted by molar-refractivity contribution is 6.21. The predicted octanol–water partition coefficient (Wildman–Crippen LogP) is 4.50. The Balaban J connectivity index is 1.63. The zero-order chi connectivity index (χ0) is 20.5. The first-order chi connectivity index (χ1) is 13.0. The fraction of sp³-hybridized carbons (Fsp3) is 0.913. The van der Waals surface area contributed by atoms with Crippen LogP contribution in [0.2, 0.25) is 0 Å². The minimum absolute atomic E-state index is 0.0877. The van der Waals surface area contributed by atoms with Crippen LogP contribution in [0.3, 0.4) is 0 Å². The fourth-order valence-corrected chi connectivity index (χ4v) is 8.74. The number of hydrogen-bond donors (Lipinski definition) is 1. The molecule has 158 valence electrons. The number of halogens is 1. The van der Waals surface area contributed by atoms with E-state index in [4.69, 9.17) is 16.3 Å². The lowest BCUT2D eigenvalue weighted by atomic mass is 9.43. The zero-order valence-electron chi connectivity index (χ0n) is 17.7. The molecule has 5 heteroatoms. The van der Waals surface area contributed by atoms with Crippen molar-refractivity contribution >= 4 is 23.4 Å². The Labute approximate surface area is 173 Å². The number of ketones is 1. The Morgan fingerprint density at radius 1 is 1.04 bits per heavy atom. The number of alkyl halides is 1. The van der Waals surface area contributed by atoms with Gasteiger partial charge in [0.25, 0.3) is 0 Å². The van der Waals surface area contributed by atoms with Crippen molar-refractivity contribution in [1.29, 1.82) is 0 Å². The number of fused-ring (bicyclic) bond motifs is 5. The summed E-state index contributed by atoms with van der Waals surface area (Å²) >= 11 is 6.92. The SMILES string of the molecule is CC(=O)OC1CCC2(C)C3CCC4(C)C(C(C)=O)CCC4C3CC(Cl)C2(O)C1. The molecule has 0 heterocycles. The van der Waals surface area contributed by atoms with E-state index >= 15 is 0 Å². The van der Waals surface area contributed by atoms with Crippen molar-refractivity contribution in [2.24, 2.45) is 34.5 Å². The molecule has 0 aliphatic heterocycles. The van der Waals surface area contributed by atoms with Crippen LogP contribution in [-0.4, -0.2) is 33.9 Å². The van der Waals surface area contributed by atoms with Crippen LogP contribution >= 0.6 is 11.6 Å². The van der Waals surface area contributed by atoms with Gasteiger partial charge in [0, 0.05) is 24.7 Å². The summed E-state index contributed by atoms with van der Waals surface area (Å²) in [7, 11) is 0. The van der Waals surface area contributed by atoms with E-state index in [1.807, 2.05) is 0 Å². The van der Waals surface area contributed by atoms with Gasteiger partial charge in [-0.3, -0.25) is 9.59 Å². The maximum atomic E-state index is 12.3. The van der Waals surface area contributed by atoms with Gasteiger partial charge >= 0.3 is 5.97 Å². The summed E-state index contributed by atoms with van der Waals surface area (Å²) in [6.07, 6.45) is 6.87. The standard InChI is InChI=1S/C23H35ClO4/c1-13(25)17-5-6-18-16-11-20(24)23(27)12-15(28-14(2)26)7-10-22(23,4)19(16)8-9-21(17,18)3/h15-20,27H,5-12H2,1-4H3. The van der Waals surface area contributed by atoms with Crippen LogP contribution < -0.4 is 0 Å². The van der Waals surface area contributed by atoms with E-state index in [9.17, 15) is 14.7 Å². The molecular formula is C23H35ClO4. The molecule has 4 aliphatic carbocycles. The van der Waals surface area contributed by atoms with Gasteiger partial charge in [-0.1, -0.05) is 13.8 Å². The number of Topliss-reactive ketones (excluding diaryl/α,β-unsaturated/α-hetero) is 1.